The van der Waals surface area contributed by atoms with Crippen LogP contribution in [-0.4, -0.2) is 12.7 Å². The molecule has 2 aromatic rings. The summed E-state index contributed by atoms with van der Waals surface area (Å²) in [5, 5.41) is 1.10. The summed E-state index contributed by atoms with van der Waals surface area (Å²) in [6.07, 6.45) is 0. The van der Waals surface area contributed by atoms with E-state index in [9.17, 15) is 4.39 Å². The maximum Gasteiger partial charge on any atom is 0.228 e. The maximum atomic E-state index is 12.2. The van der Waals surface area contributed by atoms with Gasteiger partial charge in [0.15, 0.2) is 0 Å². The standard InChI is InChI=1S/C15H12BrCl2FN2O/c16-13-5-10(1-2-14(13)22-8-19)15(20)21-7-9-3-11(17)6-12(18)4-9/h1-6H,7-8H2,(H2,20,21). The van der Waals surface area contributed by atoms with Gasteiger partial charge in [0.25, 0.3) is 0 Å². The smallest absolute Gasteiger partial charge is 0.228 e. The topological polar surface area (TPSA) is 47.6 Å². The number of alkyl halides is 1. The van der Waals surface area contributed by atoms with Crippen LogP contribution in [0.3, 0.4) is 0 Å². The second kappa shape index (κ2) is 7.81. The Bertz CT molecular complexity index is 690. The van der Waals surface area contributed by atoms with Crippen LogP contribution < -0.4 is 10.5 Å². The second-order valence-electron chi connectivity index (χ2n) is 4.38. The first kappa shape index (κ1) is 17.1. The number of aliphatic imine (C=N–C) groups is 1. The molecule has 0 saturated carbocycles. The van der Waals surface area contributed by atoms with Crippen LogP contribution in [0.1, 0.15) is 11.1 Å². The summed E-state index contributed by atoms with van der Waals surface area (Å²) < 4.78 is 17.6. The molecule has 2 aromatic carbocycles. The number of halogens is 4. The van der Waals surface area contributed by atoms with Crippen molar-refractivity contribution in [2.24, 2.45) is 10.7 Å². The van der Waals surface area contributed by atoms with Gasteiger partial charge in [-0.25, -0.2) is 4.39 Å². The minimum Gasteiger partial charge on any atom is -0.462 e. The average Bonchev–Trinajstić information content (AvgIpc) is 2.46. The average molecular weight is 406 g/mol. The molecule has 0 saturated heterocycles. The Hall–Kier alpha value is -1.30. The van der Waals surface area contributed by atoms with E-state index in [-0.39, 0.29) is 0 Å². The van der Waals surface area contributed by atoms with E-state index in [1.165, 1.54) is 0 Å². The summed E-state index contributed by atoms with van der Waals surface area (Å²) in [7, 11) is 0. The molecule has 0 fully saturated rings. The molecule has 116 valence electrons. The van der Waals surface area contributed by atoms with Gasteiger partial charge in [-0.2, -0.15) is 0 Å². The van der Waals surface area contributed by atoms with Gasteiger partial charge in [0.2, 0.25) is 6.86 Å². The molecule has 0 radical (unpaired) electrons. The Morgan fingerprint density at radius 1 is 1.18 bits per heavy atom. The van der Waals surface area contributed by atoms with Gasteiger partial charge < -0.3 is 10.5 Å². The third-order valence-corrected chi connectivity index (χ3v) is 3.85. The monoisotopic (exact) mass is 404 g/mol. The predicted octanol–water partition coefficient (Wildman–Crippen LogP) is 4.97. The van der Waals surface area contributed by atoms with Crippen molar-refractivity contribution >= 4 is 45.0 Å². The number of amidine groups is 1. The van der Waals surface area contributed by atoms with Crippen molar-refractivity contribution in [2.45, 2.75) is 6.54 Å². The molecule has 7 heteroatoms. The van der Waals surface area contributed by atoms with Crippen molar-refractivity contribution in [3.63, 3.8) is 0 Å². The molecule has 0 atom stereocenters. The summed E-state index contributed by atoms with van der Waals surface area (Å²) in [6, 6.07) is 10.3. The highest BCUT2D eigenvalue weighted by atomic mass is 79.9. The lowest BCUT2D eigenvalue weighted by Crippen LogP contribution is -2.13. The number of benzene rings is 2. The number of hydrogen-bond donors (Lipinski definition) is 1. The Morgan fingerprint density at radius 3 is 2.45 bits per heavy atom. The highest BCUT2D eigenvalue weighted by molar-refractivity contribution is 9.10. The molecule has 2 rings (SSSR count). The molecule has 0 aliphatic carbocycles. The molecule has 0 aliphatic heterocycles. The molecular weight excluding hydrogens is 394 g/mol. The summed E-state index contributed by atoms with van der Waals surface area (Å²) >= 11 is 15.2. The fourth-order valence-corrected chi connectivity index (χ4v) is 2.87. The third kappa shape index (κ3) is 4.60. The molecule has 0 aromatic heterocycles. The maximum absolute atomic E-state index is 12.2. The quantitative estimate of drug-likeness (QED) is 0.564. The third-order valence-electron chi connectivity index (χ3n) is 2.79. The van der Waals surface area contributed by atoms with Crippen LogP contribution in [-0.2, 0) is 6.54 Å². The van der Waals surface area contributed by atoms with Crippen LogP contribution in [0.2, 0.25) is 10.0 Å². The SMILES string of the molecule is NC(=NCc1cc(Cl)cc(Cl)c1)c1ccc(OCF)c(Br)c1. The number of nitrogens with two attached hydrogens (primary N) is 1. The molecule has 0 spiro atoms. The van der Waals surface area contributed by atoms with Gasteiger partial charge in [-0.3, -0.25) is 4.99 Å². The van der Waals surface area contributed by atoms with Crippen LogP contribution in [0, 0.1) is 0 Å². The van der Waals surface area contributed by atoms with E-state index in [0.29, 0.717) is 38.2 Å². The summed E-state index contributed by atoms with van der Waals surface area (Å²) in [5.74, 6) is 0.754. The molecule has 3 nitrogen and oxygen atoms in total. The Morgan fingerprint density at radius 2 is 1.86 bits per heavy atom. The van der Waals surface area contributed by atoms with Crippen LogP contribution >= 0.6 is 39.1 Å². The molecule has 2 N–H and O–H groups in total. The van der Waals surface area contributed by atoms with Crippen LogP contribution in [0.15, 0.2) is 45.9 Å². The van der Waals surface area contributed by atoms with Crippen molar-refractivity contribution < 1.29 is 9.13 Å². The molecule has 0 aliphatic rings. The zero-order valence-corrected chi connectivity index (χ0v) is 14.4. The van der Waals surface area contributed by atoms with Crippen molar-refractivity contribution in [1.29, 1.82) is 0 Å². The van der Waals surface area contributed by atoms with E-state index >= 15 is 0 Å². The summed E-state index contributed by atoms with van der Waals surface area (Å²) in [5.41, 5.74) is 7.52. The van der Waals surface area contributed by atoms with E-state index < -0.39 is 6.86 Å². The number of rotatable bonds is 5. The lowest BCUT2D eigenvalue weighted by atomic mass is 10.2. The fraction of sp³-hybridized carbons (Fsp3) is 0.133. The van der Waals surface area contributed by atoms with Crippen LogP contribution in [0.4, 0.5) is 4.39 Å². The molecular formula is C15H12BrCl2FN2O. The van der Waals surface area contributed by atoms with Crippen LogP contribution in [0.25, 0.3) is 0 Å². The largest absolute Gasteiger partial charge is 0.462 e. The number of hydrogen-bond acceptors (Lipinski definition) is 2. The first-order valence-electron chi connectivity index (χ1n) is 6.23. The van der Waals surface area contributed by atoms with Gasteiger partial charge in [-0.15, -0.1) is 0 Å². The summed E-state index contributed by atoms with van der Waals surface area (Å²) in [4.78, 5) is 4.31. The highest BCUT2D eigenvalue weighted by Gasteiger charge is 2.06. The minimum absolute atomic E-state index is 0.351. The van der Waals surface area contributed by atoms with E-state index in [0.717, 1.165) is 5.56 Å². The van der Waals surface area contributed by atoms with E-state index in [2.05, 4.69) is 20.9 Å². The first-order valence-corrected chi connectivity index (χ1v) is 7.78. The van der Waals surface area contributed by atoms with Crippen molar-refractivity contribution in [1.82, 2.24) is 0 Å². The zero-order valence-electron chi connectivity index (χ0n) is 11.3. The van der Waals surface area contributed by atoms with Crippen molar-refractivity contribution in [3.8, 4) is 5.75 Å². The second-order valence-corrected chi connectivity index (χ2v) is 6.11. The van der Waals surface area contributed by atoms with Gasteiger partial charge in [0.1, 0.15) is 11.6 Å². The highest BCUT2D eigenvalue weighted by Crippen LogP contribution is 2.26. The van der Waals surface area contributed by atoms with Gasteiger partial charge in [-0.05, 0) is 57.9 Å². The summed E-state index contributed by atoms with van der Waals surface area (Å²) in [6.45, 7) is -0.538. The van der Waals surface area contributed by atoms with E-state index in [1.807, 2.05) is 0 Å². The normalized spacial score (nSPS) is 11.5. The number of nitrogens with zero attached hydrogens (tertiary/aromatic N) is 1. The lowest BCUT2D eigenvalue weighted by molar-refractivity contribution is 0.190. The Labute approximate surface area is 146 Å². The van der Waals surface area contributed by atoms with Crippen molar-refractivity contribution in [2.75, 3.05) is 6.86 Å². The van der Waals surface area contributed by atoms with Crippen LogP contribution in [0.5, 0.6) is 5.75 Å². The zero-order chi connectivity index (χ0) is 16.1. The molecule has 0 unspecified atom stereocenters. The lowest BCUT2D eigenvalue weighted by Gasteiger charge is -2.07. The minimum atomic E-state index is -0.892. The molecule has 0 heterocycles. The first-order chi connectivity index (χ1) is 10.5. The van der Waals surface area contributed by atoms with E-state index in [4.69, 9.17) is 33.7 Å². The van der Waals surface area contributed by atoms with Gasteiger partial charge in [0.05, 0.1) is 11.0 Å². The predicted molar refractivity (Wildman–Crippen MR) is 91.6 cm³/mol. The molecule has 22 heavy (non-hydrogen) atoms. The van der Waals surface area contributed by atoms with E-state index in [1.54, 1.807) is 36.4 Å². The van der Waals surface area contributed by atoms with Gasteiger partial charge >= 0.3 is 0 Å². The fourth-order valence-electron chi connectivity index (χ4n) is 1.81. The van der Waals surface area contributed by atoms with Gasteiger partial charge in [0, 0.05) is 15.6 Å². The Balaban J connectivity index is 2.16. The number of ether oxygens (including phenoxy) is 1. The van der Waals surface area contributed by atoms with Crippen molar-refractivity contribution in [3.05, 3.63) is 62.0 Å². The van der Waals surface area contributed by atoms with Gasteiger partial charge in [-0.1, -0.05) is 23.2 Å². The Kier molecular flexibility index (Phi) is 6.06. The molecule has 0 amide bonds. The molecule has 0 bridgehead atoms.